The molecule has 0 aliphatic heterocycles. The molecule has 70 valence electrons. The lowest BCUT2D eigenvalue weighted by Crippen LogP contribution is -2.07. The molecule has 0 amide bonds. The summed E-state index contributed by atoms with van der Waals surface area (Å²) in [4.78, 5) is 0. The van der Waals surface area contributed by atoms with Gasteiger partial charge in [-0.05, 0) is 24.6 Å². The molecule has 2 rings (SSSR count). The molecule has 0 unspecified atom stereocenters. The van der Waals surface area contributed by atoms with Crippen molar-refractivity contribution in [3.8, 4) is 5.69 Å². The Morgan fingerprint density at radius 1 is 1.21 bits per heavy atom. The van der Waals surface area contributed by atoms with Crippen molar-refractivity contribution in [2.45, 2.75) is 6.92 Å². The third kappa shape index (κ3) is 1.57. The summed E-state index contributed by atoms with van der Waals surface area (Å²) in [6, 6.07) is 9.74. The van der Waals surface area contributed by atoms with Crippen molar-refractivity contribution in [1.82, 2.24) is 9.78 Å². The third-order valence-corrected chi connectivity index (χ3v) is 2.08. The number of benzene rings is 1. The fourth-order valence-electron chi connectivity index (χ4n) is 1.32. The number of rotatable bonds is 1. The van der Waals surface area contributed by atoms with E-state index in [1.165, 1.54) is 11.8 Å². The molecular formula is C11H11N3. The van der Waals surface area contributed by atoms with Crippen LogP contribution in [0.3, 0.4) is 0 Å². The average Bonchev–Trinajstić information content (AvgIpc) is 2.20. The van der Waals surface area contributed by atoms with Crippen molar-refractivity contribution in [3.63, 3.8) is 0 Å². The minimum absolute atomic E-state index is 0.426. The number of aryl methyl sites for hydroxylation is 1. The fourth-order valence-corrected chi connectivity index (χ4v) is 1.32. The molecule has 1 N–H and O–H groups in total. The number of para-hydroxylation sites is 1. The van der Waals surface area contributed by atoms with Gasteiger partial charge in [0, 0.05) is 6.20 Å². The number of nitrogens with one attached hydrogen (secondary N) is 1. The van der Waals surface area contributed by atoms with Gasteiger partial charge in [-0.2, -0.15) is 5.10 Å². The lowest BCUT2D eigenvalue weighted by Gasteiger charge is -2.06. The molecule has 0 aliphatic carbocycles. The summed E-state index contributed by atoms with van der Waals surface area (Å²) in [5.74, 6) is 0. The first kappa shape index (κ1) is 8.69. The van der Waals surface area contributed by atoms with Gasteiger partial charge in [0.2, 0.25) is 0 Å². The molecule has 0 fully saturated rings. The van der Waals surface area contributed by atoms with E-state index in [-0.39, 0.29) is 0 Å². The van der Waals surface area contributed by atoms with Crippen LogP contribution in [0.5, 0.6) is 0 Å². The molecule has 0 aliphatic rings. The summed E-state index contributed by atoms with van der Waals surface area (Å²) in [6.07, 6.45) is 3.33. The average molecular weight is 185 g/mol. The van der Waals surface area contributed by atoms with Gasteiger partial charge in [0.05, 0.1) is 17.2 Å². The quantitative estimate of drug-likeness (QED) is 0.721. The van der Waals surface area contributed by atoms with E-state index in [0.29, 0.717) is 5.36 Å². The molecule has 0 saturated carbocycles. The summed E-state index contributed by atoms with van der Waals surface area (Å²) in [7, 11) is 0. The normalized spacial score (nSPS) is 10.1. The molecular weight excluding hydrogens is 174 g/mol. The van der Waals surface area contributed by atoms with Gasteiger partial charge in [0.25, 0.3) is 0 Å². The minimum atomic E-state index is 0.426. The number of hydrogen-bond donors (Lipinski definition) is 1. The van der Waals surface area contributed by atoms with Crippen LogP contribution < -0.4 is 5.36 Å². The fraction of sp³-hybridized carbons (Fsp3) is 0.0909. The largest absolute Gasteiger partial charge is 0.299 e. The second kappa shape index (κ2) is 3.46. The Bertz CT molecular complexity index is 479. The van der Waals surface area contributed by atoms with Crippen molar-refractivity contribution < 1.29 is 0 Å². The van der Waals surface area contributed by atoms with Gasteiger partial charge in [-0.15, -0.1) is 0 Å². The highest BCUT2D eigenvalue weighted by atomic mass is 15.3. The van der Waals surface area contributed by atoms with Crippen LogP contribution in [0, 0.1) is 12.3 Å². The summed E-state index contributed by atoms with van der Waals surface area (Å²) in [6.45, 7) is 2.04. The second-order valence-corrected chi connectivity index (χ2v) is 3.15. The van der Waals surface area contributed by atoms with Crippen LogP contribution >= 0.6 is 0 Å². The van der Waals surface area contributed by atoms with Gasteiger partial charge in [0.15, 0.2) is 0 Å². The molecule has 14 heavy (non-hydrogen) atoms. The lowest BCUT2D eigenvalue weighted by molar-refractivity contribution is 0.823. The predicted molar refractivity (Wildman–Crippen MR) is 54.2 cm³/mol. The Kier molecular flexibility index (Phi) is 2.14. The van der Waals surface area contributed by atoms with Crippen LogP contribution in [0.15, 0.2) is 42.7 Å². The predicted octanol–water partition coefficient (Wildman–Crippen LogP) is 1.66. The van der Waals surface area contributed by atoms with Gasteiger partial charge in [-0.3, -0.25) is 5.41 Å². The maximum absolute atomic E-state index is 7.33. The number of aromatic nitrogens is 2. The van der Waals surface area contributed by atoms with Crippen LogP contribution in [0.25, 0.3) is 5.69 Å². The summed E-state index contributed by atoms with van der Waals surface area (Å²) in [5.41, 5.74) is 2.22. The maximum Gasteiger partial charge on any atom is 0.0756 e. The van der Waals surface area contributed by atoms with Crippen LogP contribution in [-0.2, 0) is 0 Å². The van der Waals surface area contributed by atoms with E-state index in [4.69, 9.17) is 5.41 Å². The first-order chi connectivity index (χ1) is 6.77. The highest BCUT2D eigenvalue weighted by Gasteiger charge is 1.97. The molecule has 0 radical (unpaired) electrons. The molecule has 1 aromatic carbocycles. The highest BCUT2D eigenvalue weighted by Crippen LogP contribution is 2.10. The zero-order chi connectivity index (χ0) is 9.97. The smallest absolute Gasteiger partial charge is 0.0756 e. The van der Waals surface area contributed by atoms with Crippen molar-refractivity contribution in [2.24, 2.45) is 0 Å². The molecule has 0 bridgehead atoms. The lowest BCUT2D eigenvalue weighted by atomic mass is 10.2. The van der Waals surface area contributed by atoms with Crippen LogP contribution in [-0.4, -0.2) is 9.78 Å². The van der Waals surface area contributed by atoms with Crippen molar-refractivity contribution in [2.75, 3.05) is 0 Å². The van der Waals surface area contributed by atoms with Crippen LogP contribution in [0.4, 0.5) is 0 Å². The minimum Gasteiger partial charge on any atom is -0.299 e. The van der Waals surface area contributed by atoms with Crippen LogP contribution in [0.1, 0.15) is 5.56 Å². The molecule has 0 saturated heterocycles. The zero-order valence-electron chi connectivity index (χ0n) is 7.94. The summed E-state index contributed by atoms with van der Waals surface area (Å²) < 4.78 is 1.77. The Morgan fingerprint density at radius 2 is 2.00 bits per heavy atom. The summed E-state index contributed by atoms with van der Waals surface area (Å²) in [5, 5.41) is 11.9. The highest BCUT2D eigenvalue weighted by molar-refractivity contribution is 5.38. The molecule has 1 heterocycles. The molecule has 0 spiro atoms. The topological polar surface area (TPSA) is 41.7 Å². The van der Waals surface area contributed by atoms with Crippen LogP contribution in [0.2, 0.25) is 0 Å². The third-order valence-electron chi connectivity index (χ3n) is 2.08. The first-order valence-corrected chi connectivity index (χ1v) is 4.43. The van der Waals surface area contributed by atoms with Gasteiger partial charge in [-0.1, -0.05) is 18.2 Å². The van der Waals surface area contributed by atoms with Crippen molar-refractivity contribution in [3.05, 3.63) is 53.6 Å². The summed E-state index contributed by atoms with van der Waals surface area (Å²) >= 11 is 0. The number of hydrogen-bond acceptors (Lipinski definition) is 2. The van der Waals surface area contributed by atoms with Gasteiger partial charge < -0.3 is 0 Å². The standard InChI is InChI=1S/C11H11N3/c1-9-4-2-3-5-11(9)14-7-6-10(12)8-13-14/h2-8,12H,1H3. The molecule has 3 heteroatoms. The van der Waals surface area contributed by atoms with E-state index in [1.807, 2.05) is 31.2 Å². The molecule has 1 aromatic heterocycles. The van der Waals surface area contributed by atoms with E-state index in [0.717, 1.165) is 5.69 Å². The Morgan fingerprint density at radius 3 is 2.64 bits per heavy atom. The monoisotopic (exact) mass is 185 g/mol. The SMILES string of the molecule is Cc1ccccc1-n1ccc(=N)cn1. The van der Waals surface area contributed by atoms with Crippen molar-refractivity contribution in [1.29, 1.82) is 5.41 Å². The second-order valence-electron chi connectivity index (χ2n) is 3.15. The van der Waals surface area contributed by atoms with Gasteiger partial charge in [0.1, 0.15) is 0 Å². The zero-order valence-corrected chi connectivity index (χ0v) is 7.94. The Labute approximate surface area is 82.2 Å². The molecule has 3 nitrogen and oxygen atoms in total. The van der Waals surface area contributed by atoms with E-state index >= 15 is 0 Å². The molecule has 0 atom stereocenters. The van der Waals surface area contributed by atoms with Gasteiger partial charge in [-0.25, -0.2) is 4.68 Å². The van der Waals surface area contributed by atoms with Crippen molar-refractivity contribution >= 4 is 0 Å². The van der Waals surface area contributed by atoms with E-state index in [9.17, 15) is 0 Å². The number of nitrogens with zero attached hydrogens (tertiary/aromatic N) is 2. The first-order valence-electron chi connectivity index (χ1n) is 4.43. The maximum atomic E-state index is 7.33. The van der Waals surface area contributed by atoms with E-state index in [2.05, 4.69) is 5.10 Å². The van der Waals surface area contributed by atoms with E-state index in [1.54, 1.807) is 16.9 Å². The Balaban J connectivity index is 2.55. The Hall–Kier alpha value is -1.90. The van der Waals surface area contributed by atoms with Gasteiger partial charge >= 0.3 is 0 Å². The molecule has 2 aromatic rings. The van der Waals surface area contributed by atoms with E-state index < -0.39 is 0 Å².